The minimum absolute atomic E-state index is 0.563. The highest BCUT2D eigenvalue weighted by atomic mass is 14.9. The summed E-state index contributed by atoms with van der Waals surface area (Å²) in [6.07, 6.45) is 8.11. The maximum Gasteiger partial charge on any atom is 0.162 e. The largest absolute Gasteiger partial charge is 0.241 e. The molecule has 2 aromatic heterocycles. The van der Waals surface area contributed by atoms with Gasteiger partial charge in [-0.15, -0.1) is 0 Å². The van der Waals surface area contributed by atoms with E-state index in [2.05, 4.69) is 45.3 Å². The molecule has 1 aliphatic carbocycles. The second kappa shape index (κ2) is 5.24. The fourth-order valence-electron chi connectivity index (χ4n) is 3.41. The van der Waals surface area contributed by atoms with Crippen molar-refractivity contribution in [2.75, 3.05) is 0 Å². The van der Waals surface area contributed by atoms with Gasteiger partial charge in [0.05, 0.1) is 5.69 Å². The number of nitrogens with zero attached hydrogens (tertiary/aromatic N) is 3. The van der Waals surface area contributed by atoms with E-state index in [9.17, 15) is 0 Å². The average Bonchev–Trinajstić information content (AvgIpc) is 2.56. The van der Waals surface area contributed by atoms with Gasteiger partial charge in [-0.3, -0.25) is 0 Å². The van der Waals surface area contributed by atoms with Gasteiger partial charge in [0.1, 0.15) is 6.33 Å². The van der Waals surface area contributed by atoms with Crippen LogP contribution in [0.3, 0.4) is 0 Å². The van der Waals surface area contributed by atoms with Crippen LogP contribution in [0.15, 0.2) is 48.9 Å². The first-order valence-electron chi connectivity index (χ1n) is 7.54. The van der Waals surface area contributed by atoms with Crippen LogP contribution in [0.2, 0.25) is 0 Å². The van der Waals surface area contributed by atoms with Crippen molar-refractivity contribution in [2.45, 2.75) is 31.6 Å². The van der Waals surface area contributed by atoms with Crippen molar-refractivity contribution in [3.05, 3.63) is 65.7 Å². The number of fused-ring (bicyclic) bond motifs is 2. The predicted octanol–water partition coefficient (Wildman–Crippen LogP) is 3.69. The van der Waals surface area contributed by atoms with E-state index in [1.807, 2.05) is 6.07 Å². The van der Waals surface area contributed by atoms with Crippen LogP contribution in [-0.4, -0.2) is 15.0 Å². The summed E-state index contributed by atoms with van der Waals surface area (Å²) < 4.78 is 0. The Morgan fingerprint density at radius 2 is 1.95 bits per heavy atom. The number of pyridine rings is 1. The molecule has 0 amide bonds. The van der Waals surface area contributed by atoms with Crippen molar-refractivity contribution >= 4 is 11.0 Å². The number of rotatable bonds is 2. The van der Waals surface area contributed by atoms with Crippen LogP contribution in [0.25, 0.3) is 11.0 Å². The Bertz CT molecular complexity index is 777. The first-order valence-corrected chi connectivity index (χ1v) is 7.54. The molecule has 0 spiro atoms. The van der Waals surface area contributed by atoms with Crippen LogP contribution >= 0.6 is 0 Å². The Labute approximate surface area is 124 Å². The Hall–Kier alpha value is -2.29. The van der Waals surface area contributed by atoms with Crippen molar-refractivity contribution in [3.8, 4) is 0 Å². The molecule has 1 aromatic carbocycles. The summed E-state index contributed by atoms with van der Waals surface area (Å²) >= 11 is 0. The lowest BCUT2D eigenvalue weighted by atomic mass is 9.80. The molecule has 0 N–H and O–H groups in total. The Kier molecular flexibility index (Phi) is 3.11. The van der Waals surface area contributed by atoms with E-state index < -0.39 is 0 Å². The molecule has 0 saturated carbocycles. The summed E-state index contributed by atoms with van der Waals surface area (Å²) in [7, 11) is 0. The lowest BCUT2D eigenvalue weighted by molar-refractivity contribution is 0.547. The van der Waals surface area contributed by atoms with Gasteiger partial charge in [0.2, 0.25) is 0 Å². The standard InChI is InChI=1S/C18H17N3/c1-2-8-15-13(5-1)6-3-7-14(15)11-17-16-9-4-10-19-18(16)21-12-20-17/h1-2,4-5,8-10,12,14H,3,6-7,11H2. The molecular formula is C18H17N3. The van der Waals surface area contributed by atoms with E-state index in [4.69, 9.17) is 0 Å². The quantitative estimate of drug-likeness (QED) is 0.716. The third kappa shape index (κ3) is 2.29. The molecule has 1 atom stereocenters. The van der Waals surface area contributed by atoms with Crippen molar-refractivity contribution < 1.29 is 0 Å². The molecule has 0 bridgehead atoms. The highest BCUT2D eigenvalue weighted by Gasteiger charge is 2.21. The van der Waals surface area contributed by atoms with Gasteiger partial charge in [-0.2, -0.15) is 0 Å². The Morgan fingerprint density at radius 1 is 1.00 bits per heavy atom. The number of benzene rings is 1. The lowest BCUT2D eigenvalue weighted by Crippen LogP contribution is -2.13. The second-order valence-corrected chi connectivity index (χ2v) is 5.69. The summed E-state index contributed by atoms with van der Waals surface area (Å²) in [5.41, 5.74) is 4.92. The van der Waals surface area contributed by atoms with Crippen LogP contribution in [-0.2, 0) is 12.8 Å². The zero-order valence-corrected chi connectivity index (χ0v) is 11.9. The van der Waals surface area contributed by atoms with Gasteiger partial charge in [-0.05, 0) is 54.9 Å². The number of aryl methyl sites for hydroxylation is 1. The van der Waals surface area contributed by atoms with E-state index >= 15 is 0 Å². The number of aromatic nitrogens is 3. The predicted molar refractivity (Wildman–Crippen MR) is 83.2 cm³/mol. The lowest BCUT2D eigenvalue weighted by Gasteiger charge is -2.25. The molecular weight excluding hydrogens is 258 g/mol. The molecule has 104 valence electrons. The molecule has 0 fully saturated rings. The van der Waals surface area contributed by atoms with Gasteiger partial charge in [0.25, 0.3) is 0 Å². The first-order chi connectivity index (χ1) is 10.4. The molecule has 4 rings (SSSR count). The monoisotopic (exact) mass is 275 g/mol. The van der Waals surface area contributed by atoms with Crippen LogP contribution in [0.4, 0.5) is 0 Å². The smallest absolute Gasteiger partial charge is 0.162 e. The molecule has 3 nitrogen and oxygen atoms in total. The summed E-state index contributed by atoms with van der Waals surface area (Å²) in [6.45, 7) is 0. The molecule has 21 heavy (non-hydrogen) atoms. The van der Waals surface area contributed by atoms with Gasteiger partial charge in [0.15, 0.2) is 5.65 Å². The van der Waals surface area contributed by atoms with E-state index in [1.54, 1.807) is 12.5 Å². The van der Waals surface area contributed by atoms with Crippen molar-refractivity contribution in [1.29, 1.82) is 0 Å². The third-order valence-corrected chi connectivity index (χ3v) is 4.42. The average molecular weight is 275 g/mol. The van der Waals surface area contributed by atoms with E-state index in [-0.39, 0.29) is 0 Å². The fourth-order valence-corrected chi connectivity index (χ4v) is 3.41. The van der Waals surface area contributed by atoms with E-state index in [0.717, 1.165) is 23.1 Å². The van der Waals surface area contributed by atoms with Crippen molar-refractivity contribution in [1.82, 2.24) is 15.0 Å². The van der Waals surface area contributed by atoms with Crippen molar-refractivity contribution in [3.63, 3.8) is 0 Å². The van der Waals surface area contributed by atoms with Crippen LogP contribution in [0.1, 0.15) is 35.6 Å². The van der Waals surface area contributed by atoms with Gasteiger partial charge in [-0.25, -0.2) is 15.0 Å². The molecule has 1 aliphatic rings. The molecule has 0 radical (unpaired) electrons. The van der Waals surface area contributed by atoms with Gasteiger partial charge in [-0.1, -0.05) is 24.3 Å². The highest BCUT2D eigenvalue weighted by Crippen LogP contribution is 2.34. The minimum atomic E-state index is 0.563. The van der Waals surface area contributed by atoms with Crippen molar-refractivity contribution in [2.24, 2.45) is 0 Å². The van der Waals surface area contributed by atoms with E-state index in [0.29, 0.717) is 5.92 Å². The van der Waals surface area contributed by atoms with Gasteiger partial charge >= 0.3 is 0 Å². The summed E-state index contributed by atoms with van der Waals surface area (Å²) in [6, 6.07) is 12.9. The minimum Gasteiger partial charge on any atom is -0.241 e. The zero-order chi connectivity index (χ0) is 14.1. The molecule has 3 heteroatoms. The van der Waals surface area contributed by atoms with Crippen LogP contribution < -0.4 is 0 Å². The molecule has 1 unspecified atom stereocenters. The Balaban J connectivity index is 1.73. The maximum absolute atomic E-state index is 4.52. The molecule has 0 saturated heterocycles. The normalized spacial score (nSPS) is 17.6. The fraction of sp³-hybridized carbons (Fsp3) is 0.278. The van der Waals surface area contributed by atoms with E-state index in [1.165, 1.54) is 30.4 Å². The number of hydrogen-bond donors (Lipinski definition) is 0. The number of hydrogen-bond acceptors (Lipinski definition) is 3. The van der Waals surface area contributed by atoms with Crippen LogP contribution in [0.5, 0.6) is 0 Å². The summed E-state index contributed by atoms with van der Waals surface area (Å²) in [4.78, 5) is 13.1. The zero-order valence-electron chi connectivity index (χ0n) is 11.9. The van der Waals surface area contributed by atoms with Crippen LogP contribution in [0, 0.1) is 0 Å². The first kappa shape index (κ1) is 12.5. The highest BCUT2D eigenvalue weighted by molar-refractivity contribution is 5.76. The summed E-state index contributed by atoms with van der Waals surface area (Å²) in [5.74, 6) is 0.563. The molecule has 3 aromatic rings. The molecule has 0 aliphatic heterocycles. The topological polar surface area (TPSA) is 38.7 Å². The van der Waals surface area contributed by atoms with Gasteiger partial charge < -0.3 is 0 Å². The SMILES string of the molecule is c1ccc2c(c1)CCCC2Cc1ncnc2ncccc12. The maximum atomic E-state index is 4.52. The van der Waals surface area contributed by atoms with Gasteiger partial charge in [0, 0.05) is 11.6 Å². The third-order valence-electron chi connectivity index (χ3n) is 4.42. The molecule has 2 heterocycles. The Morgan fingerprint density at radius 3 is 2.95 bits per heavy atom. The second-order valence-electron chi connectivity index (χ2n) is 5.69. The summed E-state index contributed by atoms with van der Waals surface area (Å²) in [5, 5.41) is 1.09.